The van der Waals surface area contributed by atoms with Crippen molar-refractivity contribution in [3.63, 3.8) is 0 Å². The number of nitrogens with zero attached hydrogens (tertiary/aromatic N) is 1. The van der Waals surface area contributed by atoms with Crippen molar-refractivity contribution in [2.45, 2.75) is 6.92 Å². The summed E-state index contributed by atoms with van der Waals surface area (Å²) in [5, 5.41) is 0. The van der Waals surface area contributed by atoms with E-state index in [2.05, 4.69) is 4.98 Å². The molecule has 0 unspecified atom stereocenters. The lowest BCUT2D eigenvalue weighted by atomic mass is 10.0. The molecule has 0 fully saturated rings. The topological polar surface area (TPSA) is 48.4 Å². The number of rotatable bonds is 5. The van der Waals surface area contributed by atoms with Gasteiger partial charge in [-0.1, -0.05) is 30.3 Å². The zero-order chi connectivity index (χ0) is 17.6. The molecule has 0 aliphatic rings. The Balaban J connectivity index is 2.10. The Bertz CT molecular complexity index is 858. The summed E-state index contributed by atoms with van der Waals surface area (Å²) in [7, 11) is 1.63. The van der Waals surface area contributed by atoms with E-state index in [0.29, 0.717) is 18.0 Å². The summed E-state index contributed by atoms with van der Waals surface area (Å²) in [5.74, 6) is 0.351. The molecule has 0 spiro atoms. The Morgan fingerprint density at radius 3 is 2.28 bits per heavy atom. The third kappa shape index (κ3) is 3.86. The molecule has 0 saturated heterocycles. The summed E-state index contributed by atoms with van der Waals surface area (Å²) in [5.41, 5.74) is 3.86. The van der Waals surface area contributed by atoms with Crippen LogP contribution in [-0.2, 0) is 4.74 Å². The van der Waals surface area contributed by atoms with E-state index in [0.717, 1.165) is 22.4 Å². The van der Waals surface area contributed by atoms with Crippen LogP contribution >= 0.6 is 0 Å². The number of carbonyl (C=O) groups is 1. The van der Waals surface area contributed by atoms with Gasteiger partial charge in [-0.05, 0) is 54.4 Å². The third-order valence-corrected chi connectivity index (χ3v) is 3.80. The summed E-state index contributed by atoms with van der Waals surface area (Å²) in [6.07, 6.45) is 0. The van der Waals surface area contributed by atoms with Gasteiger partial charge in [-0.15, -0.1) is 0 Å². The Kier molecular flexibility index (Phi) is 5.09. The van der Waals surface area contributed by atoms with Crippen molar-refractivity contribution in [1.82, 2.24) is 4.98 Å². The number of hydrogen-bond donors (Lipinski definition) is 0. The quantitative estimate of drug-likeness (QED) is 0.640. The zero-order valence-corrected chi connectivity index (χ0v) is 14.2. The molecular weight excluding hydrogens is 314 g/mol. The lowest BCUT2D eigenvalue weighted by Gasteiger charge is -2.10. The normalized spacial score (nSPS) is 10.3. The molecule has 4 heteroatoms. The molecule has 0 bridgehead atoms. The third-order valence-electron chi connectivity index (χ3n) is 3.80. The van der Waals surface area contributed by atoms with E-state index in [9.17, 15) is 4.79 Å². The highest BCUT2D eigenvalue weighted by atomic mass is 16.5. The summed E-state index contributed by atoms with van der Waals surface area (Å²) in [6.45, 7) is 2.09. The molecule has 126 valence electrons. The largest absolute Gasteiger partial charge is 0.497 e. The second-order valence-electron chi connectivity index (χ2n) is 5.44. The highest BCUT2D eigenvalue weighted by Gasteiger charge is 2.13. The van der Waals surface area contributed by atoms with E-state index in [1.165, 1.54) is 0 Å². The first kappa shape index (κ1) is 16.7. The van der Waals surface area contributed by atoms with Crippen LogP contribution in [-0.4, -0.2) is 24.7 Å². The first-order valence-corrected chi connectivity index (χ1v) is 8.10. The minimum absolute atomic E-state index is 0.300. The van der Waals surface area contributed by atoms with Gasteiger partial charge >= 0.3 is 5.97 Å². The van der Waals surface area contributed by atoms with E-state index in [-0.39, 0.29) is 0 Å². The molecular formula is C21H19NO3. The average Bonchev–Trinajstić information content (AvgIpc) is 2.68. The second kappa shape index (κ2) is 7.62. The number of esters is 1. The van der Waals surface area contributed by atoms with Crippen LogP contribution in [0.2, 0.25) is 0 Å². The Morgan fingerprint density at radius 2 is 1.64 bits per heavy atom. The van der Waals surface area contributed by atoms with E-state index < -0.39 is 5.97 Å². The van der Waals surface area contributed by atoms with Gasteiger partial charge in [0.2, 0.25) is 0 Å². The maximum absolute atomic E-state index is 12.2. The molecule has 0 saturated carbocycles. The molecule has 0 atom stereocenters. The Morgan fingerprint density at radius 1 is 0.920 bits per heavy atom. The van der Waals surface area contributed by atoms with Gasteiger partial charge in [0.05, 0.1) is 19.4 Å². The van der Waals surface area contributed by atoms with Gasteiger partial charge in [0, 0.05) is 5.56 Å². The van der Waals surface area contributed by atoms with Crippen LogP contribution in [0.5, 0.6) is 5.75 Å². The summed E-state index contributed by atoms with van der Waals surface area (Å²) >= 11 is 0. The number of carbonyl (C=O) groups excluding carboxylic acids is 1. The molecule has 3 aromatic rings. The SMILES string of the molecule is CCOC(=O)c1cc(-c2ccccc2)cc(-c2ccc(OC)cc2)n1. The summed E-state index contributed by atoms with van der Waals surface area (Å²) in [4.78, 5) is 16.7. The lowest BCUT2D eigenvalue weighted by Crippen LogP contribution is -2.08. The van der Waals surface area contributed by atoms with Crippen molar-refractivity contribution in [2.24, 2.45) is 0 Å². The molecule has 0 amide bonds. The van der Waals surface area contributed by atoms with Crippen LogP contribution in [0.15, 0.2) is 66.7 Å². The minimum Gasteiger partial charge on any atom is -0.497 e. The van der Waals surface area contributed by atoms with Gasteiger partial charge < -0.3 is 9.47 Å². The van der Waals surface area contributed by atoms with E-state index in [1.54, 1.807) is 20.1 Å². The number of hydrogen-bond acceptors (Lipinski definition) is 4. The fourth-order valence-corrected chi connectivity index (χ4v) is 2.55. The number of ether oxygens (including phenoxy) is 2. The molecule has 1 heterocycles. The van der Waals surface area contributed by atoms with Gasteiger partial charge in [0.25, 0.3) is 0 Å². The van der Waals surface area contributed by atoms with E-state index >= 15 is 0 Å². The molecule has 0 aliphatic carbocycles. The first-order chi connectivity index (χ1) is 12.2. The molecule has 4 nitrogen and oxygen atoms in total. The monoisotopic (exact) mass is 333 g/mol. The standard InChI is InChI=1S/C21H19NO3/c1-3-25-21(23)20-14-17(15-7-5-4-6-8-15)13-19(22-20)16-9-11-18(24-2)12-10-16/h4-14H,3H2,1-2H3. The maximum Gasteiger partial charge on any atom is 0.356 e. The Labute approximate surface area is 147 Å². The number of methoxy groups -OCH3 is 1. The zero-order valence-electron chi connectivity index (χ0n) is 14.2. The number of benzene rings is 2. The maximum atomic E-state index is 12.2. The molecule has 1 aromatic heterocycles. The molecule has 25 heavy (non-hydrogen) atoms. The predicted molar refractivity (Wildman–Crippen MR) is 97.6 cm³/mol. The van der Waals surface area contributed by atoms with Crippen molar-refractivity contribution in [2.75, 3.05) is 13.7 Å². The van der Waals surface area contributed by atoms with Gasteiger partial charge in [0.1, 0.15) is 11.4 Å². The van der Waals surface area contributed by atoms with Crippen molar-refractivity contribution >= 4 is 5.97 Å². The average molecular weight is 333 g/mol. The van der Waals surface area contributed by atoms with Crippen LogP contribution in [0.3, 0.4) is 0 Å². The fraction of sp³-hybridized carbons (Fsp3) is 0.143. The molecule has 0 aliphatic heterocycles. The number of pyridine rings is 1. The van der Waals surface area contributed by atoms with Gasteiger partial charge in [-0.2, -0.15) is 0 Å². The van der Waals surface area contributed by atoms with Gasteiger partial charge in [0.15, 0.2) is 0 Å². The van der Waals surface area contributed by atoms with Crippen LogP contribution < -0.4 is 4.74 Å². The number of aromatic nitrogens is 1. The van der Waals surface area contributed by atoms with Crippen molar-refractivity contribution < 1.29 is 14.3 Å². The molecule has 2 aromatic carbocycles. The highest BCUT2D eigenvalue weighted by molar-refractivity contribution is 5.90. The molecule has 0 N–H and O–H groups in total. The second-order valence-corrected chi connectivity index (χ2v) is 5.44. The van der Waals surface area contributed by atoms with Gasteiger partial charge in [-0.3, -0.25) is 0 Å². The summed E-state index contributed by atoms with van der Waals surface area (Å²) < 4.78 is 10.3. The Hall–Kier alpha value is -3.14. The predicted octanol–water partition coefficient (Wildman–Crippen LogP) is 4.60. The van der Waals surface area contributed by atoms with Crippen molar-refractivity contribution in [3.05, 3.63) is 72.4 Å². The minimum atomic E-state index is -0.421. The van der Waals surface area contributed by atoms with E-state index in [4.69, 9.17) is 9.47 Å². The lowest BCUT2D eigenvalue weighted by molar-refractivity contribution is 0.0519. The molecule has 0 radical (unpaired) electrons. The van der Waals surface area contributed by atoms with Crippen LogP contribution in [0.4, 0.5) is 0 Å². The van der Waals surface area contributed by atoms with Crippen LogP contribution in [0.1, 0.15) is 17.4 Å². The first-order valence-electron chi connectivity index (χ1n) is 8.10. The highest BCUT2D eigenvalue weighted by Crippen LogP contribution is 2.27. The smallest absolute Gasteiger partial charge is 0.356 e. The van der Waals surface area contributed by atoms with E-state index in [1.807, 2.05) is 60.7 Å². The fourth-order valence-electron chi connectivity index (χ4n) is 2.55. The van der Waals surface area contributed by atoms with Crippen molar-refractivity contribution in [3.8, 4) is 28.1 Å². The molecule has 3 rings (SSSR count). The van der Waals surface area contributed by atoms with Gasteiger partial charge in [-0.25, -0.2) is 9.78 Å². The summed E-state index contributed by atoms with van der Waals surface area (Å²) in [6, 6.07) is 21.2. The van der Waals surface area contributed by atoms with Crippen LogP contribution in [0, 0.1) is 0 Å². The van der Waals surface area contributed by atoms with Crippen LogP contribution in [0.25, 0.3) is 22.4 Å². The van der Waals surface area contributed by atoms with Crippen molar-refractivity contribution in [1.29, 1.82) is 0 Å².